The number of halogens is 2. The number of benzene rings is 1. The molecule has 0 amide bonds. The molecule has 1 aromatic carbocycles. The van der Waals surface area contributed by atoms with E-state index in [1.165, 1.54) is 12.1 Å². The molecule has 0 bridgehead atoms. The summed E-state index contributed by atoms with van der Waals surface area (Å²) in [4.78, 5) is 0. The van der Waals surface area contributed by atoms with Crippen LogP contribution in [0.2, 0.25) is 5.02 Å². The van der Waals surface area contributed by atoms with Gasteiger partial charge in [-0.2, -0.15) is 0 Å². The largest absolute Gasteiger partial charge is 0.381 e. The Bertz CT molecular complexity index is 337. The van der Waals surface area contributed by atoms with Gasteiger partial charge in [0.05, 0.1) is 10.7 Å². The second-order valence-corrected chi connectivity index (χ2v) is 4.10. The van der Waals surface area contributed by atoms with Gasteiger partial charge in [0.15, 0.2) is 0 Å². The first-order chi connectivity index (χ1) is 6.65. The summed E-state index contributed by atoms with van der Waals surface area (Å²) in [5.41, 5.74) is 6.30. The summed E-state index contributed by atoms with van der Waals surface area (Å²) in [6.45, 7) is 0. The van der Waals surface area contributed by atoms with Crippen molar-refractivity contribution in [1.29, 1.82) is 0 Å². The van der Waals surface area contributed by atoms with Crippen molar-refractivity contribution in [2.75, 3.05) is 5.32 Å². The molecule has 2 rings (SSSR count). The maximum atomic E-state index is 12.9. The molecule has 0 unspecified atom stereocenters. The average molecular weight is 215 g/mol. The summed E-state index contributed by atoms with van der Waals surface area (Å²) >= 11 is 5.90. The second kappa shape index (κ2) is 3.75. The van der Waals surface area contributed by atoms with E-state index in [0.29, 0.717) is 16.8 Å². The Balaban J connectivity index is 2.05. The first kappa shape index (κ1) is 9.74. The lowest BCUT2D eigenvalue weighted by atomic mass is 9.87. The van der Waals surface area contributed by atoms with Gasteiger partial charge in [-0.25, -0.2) is 4.39 Å². The van der Waals surface area contributed by atoms with Crippen molar-refractivity contribution in [3.63, 3.8) is 0 Å². The maximum absolute atomic E-state index is 12.9. The van der Waals surface area contributed by atoms with Crippen LogP contribution in [0.1, 0.15) is 12.8 Å². The molecule has 0 aliphatic heterocycles. The van der Waals surface area contributed by atoms with E-state index >= 15 is 0 Å². The van der Waals surface area contributed by atoms with Crippen LogP contribution in [0, 0.1) is 5.82 Å². The fourth-order valence-electron chi connectivity index (χ4n) is 1.61. The topological polar surface area (TPSA) is 38.0 Å². The molecule has 76 valence electrons. The molecule has 0 atom stereocenters. The van der Waals surface area contributed by atoms with Crippen LogP contribution >= 0.6 is 11.6 Å². The van der Waals surface area contributed by atoms with E-state index in [9.17, 15) is 4.39 Å². The molecule has 3 N–H and O–H groups in total. The summed E-state index contributed by atoms with van der Waals surface area (Å²) in [5, 5.41) is 3.71. The van der Waals surface area contributed by atoms with Crippen LogP contribution in [0.25, 0.3) is 0 Å². The Kier molecular flexibility index (Phi) is 2.61. The summed E-state index contributed by atoms with van der Waals surface area (Å²) in [7, 11) is 0. The van der Waals surface area contributed by atoms with Gasteiger partial charge >= 0.3 is 0 Å². The third kappa shape index (κ3) is 1.99. The maximum Gasteiger partial charge on any atom is 0.125 e. The summed E-state index contributed by atoms with van der Waals surface area (Å²) < 4.78 is 12.9. The number of rotatable bonds is 2. The lowest BCUT2D eigenvalue weighted by molar-refractivity contribution is 0.373. The molecule has 0 radical (unpaired) electrons. The number of anilines is 1. The molecule has 0 spiro atoms. The van der Waals surface area contributed by atoms with Gasteiger partial charge in [0.2, 0.25) is 0 Å². The van der Waals surface area contributed by atoms with Crippen molar-refractivity contribution < 1.29 is 4.39 Å². The molecule has 1 aliphatic carbocycles. The molecule has 1 fully saturated rings. The quantitative estimate of drug-likeness (QED) is 0.794. The van der Waals surface area contributed by atoms with Crippen molar-refractivity contribution in [2.24, 2.45) is 5.73 Å². The minimum absolute atomic E-state index is 0.277. The van der Waals surface area contributed by atoms with Gasteiger partial charge in [-0.15, -0.1) is 0 Å². The molecule has 2 nitrogen and oxygen atoms in total. The fourth-order valence-corrected chi connectivity index (χ4v) is 1.78. The molecule has 1 saturated carbocycles. The zero-order valence-corrected chi connectivity index (χ0v) is 8.39. The van der Waals surface area contributed by atoms with Crippen LogP contribution in [0.3, 0.4) is 0 Å². The third-order valence-electron chi connectivity index (χ3n) is 2.46. The van der Waals surface area contributed by atoms with E-state index in [4.69, 9.17) is 17.3 Å². The lowest BCUT2D eigenvalue weighted by Gasteiger charge is -2.34. The lowest BCUT2D eigenvalue weighted by Crippen LogP contribution is -2.44. The predicted molar refractivity (Wildman–Crippen MR) is 56.0 cm³/mol. The molecule has 0 heterocycles. The molecule has 0 aromatic heterocycles. The third-order valence-corrected chi connectivity index (χ3v) is 2.79. The monoisotopic (exact) mass is 214 g/mol. The fraction of sp³-hybridized carbons (Fsp3) is 0.400. The summed E-state index contributed by atoms with van der Waals surface area (Å²) in [5.74, 6) is -0.277. The standard InChI is InChI=1S/C10H12ClFN2/c11-9-2-1-6(12)3-10(9)14-8-4-7(13)5-8/h1-3,7-8,14H,4-5,13H2. The Morgan fingerprint density at radius 3 is 2.79 bits per heavy atom. The molecule has 14 heavy (non-hydrogen) atoms. The Morgan fingerprint density at radius 1 is 1.43 bits per heavy atom. The minimum atomic E-state index is -0.277. The van der Waals surface area contributed by atoms with Gasteiger partial charge in [-0.3, -0.25) is 0 Å². The van der Waals surface area contributed by atoms with Crippen LogP contribution in [0.5, 0.6) is 0 Å². The Labute approximate surface area is 87.2 Å². The summed E-state index contributed by atoms with van der Waals surface area (Å²) in [6.07, 6.45) is 1.85. The van der Waals surface area contributed by atoms with Gasteiger partial charge in [0.1, 0.15) is 5.82 Å². The zero-order chi connectivity index (χ0) is 10.1. The van der Waals surface area contributed by atoms with Crippen LogP contribution in [-0.4, -0.2) is 12.1 Å². The molecular weight excluding hydrogens is 203 g/mol. The highest BCUT2D eigenvalue weighted by atomic mass is 35.5. The highest BCUT2D eigenvalue weighted by Gasteiger charge is 2.25. The Morgan fingerprint density at radius 2 is 2.14 bits per heavy atom. The van der Waals surface area contributed by atoms with E-state index in [1.54, 1.807) is 6.07 Å². The van der Waals surface area contributed by atoms with Gasteiger partial charge < -0.3 is 11.1 Å². The first-order valence-corrected chi connectivity index (χ1v) is 5.00. The van der Waals surface area contributed by atoms with E-state index < -0.39 is 0 Å². The zero-order valence-electron chi connectivity index (χ0n) is 7.63. The minimum Gasteiger partial charge on any atom is -0.381 e. The molecule has 1 aliphatic rings. The van der Waals surface area contributed by atoms with Crippen LogP contribution in [0.15, 0.2) is 18.2 Å². The number of nitrogens with two attached hydrogens (primary N) is 1. The normalized spacial score (nSPS) is 25.6. The van der Waals surface area contributed by atoms with Gasteiger partial charge in [-0.05, 0) is 31.0 Å². The molecule has 0 saturated heterocycles. The van der Waals surface area contributed by atoms with E-state index in [1.807, 2.05) is 0 Å². The SMILES string of the molecule is NC1CC(Nc2cc(F)ccc2Cl)C1. The number of nitrogens with one attached hydrogen (secondary N) is 1. The average Bonchev–Trinajstić information content (AvgIpc) is 2.09. The summed E-state index contributed by atoms with van der Waals surface area (Å²) in [6, 6.07) is 4.92. The van der Waals surface area contributed by atoms with Gasteiger partial charge in [0, 0.05) is 12.1 Å². The molecular formula is C10H12ClFN2. The molecule has 4 heteroatoms. The van der Waals surface area contributed by atoms with Crippen molar-refractivity contribution in [1.82, 2.24) is 0 Å². The highest BCUT2D eigenvalue weighted by molar-refractivity contribution is 6.33. The van der Waals surface area contributed by atoms with Crippen molar-refractivity contribution in [2.45, 2.75) is 24.9 Å². The highest BCUT2D eigenvalue weighted by Crippen LogP contribution is 2.28. The van der Waals surface area contributed by atoms with E-state index in [2.05, 4.69) is 5.32 Å². The smallest absolute Gasteiger partial charge is 0.125 e. The van der Waals surface area contributed by atoms with Gasteiger partial charge in [0.25, 0.3) is 0 Å². The first-order valence-electron chi connectivity index (χ1n) is 4.62. The van der Waals surface area contributed by atoms with Crippen molar-refractivity contribution in [3.8, 4) is 0 Å². The van der Waals surface area contributed by atoms with Gasteiger partial charge in [-0.1, -0.05) is 11.6 Å². The van der Waals surface area contributed by atoms with E-state index in [0.717, 1.165) is 12.8 Å². The number of hydrogen-bond acceptors (Lipinski definition) is 2. The Hall–Kier alpha value is -0.800. The van der Waals surface area contributed by atoms with Crippen LogP contribution in [0.4, 0.5) is 10.1 Å². The molecule has 1 aromatic rings. The van der Waals surface area contributed by atoms with Crippen LogP contribution < -0.4 is 11.1 Å². The van der Waals surface area contributed by atoms with Crippen molar-refractivity contribution in [3.05, 3.63) is 29.0 Å². The van der Waals surface area contributed by atoms with Crippen LogP contribution in [-0.2, 0) is 0 Å². The van der Waals surface area contributed by atoms with Crippen molar-refractivity contribution >= 4 is 17.3 Å². The van der Waals surface area contributed by atoms with E-state index in [-0.39, 0.29) is 11.9 Å². The number of hydrogen-bond donors (Lipinski definition) is 2. The second-order valence-electron chi connectivity index (χ2n) is 3.70. The predicted octanol–water partition coefficient (Wildman–Crippen LogP) is 2.38.